The van der Waals surface area contributed by atoms with E-state index in [1.807, 2.05) is 16.8 Å². The van der Waals surface area contributed by atoms with Gasteiger partial charge < -0.3 is 14.6 Å². The monoisotopic (exact) mass is 326 g/mol. The lowest BCUT2D eigenvalue weighted by atomic mass is 9.96. The predicted molar refractivity (Wildman–Crippen MR) is 72.0 cm³/mol. The smallest absolute Gasteiger partial charge is 0.303 e. The number of likely N-dealkylation sites (tertiary alicyclic amines) is 1. The van der Waals surface area contributed by atoms with E-state index in [0.29, 0.717) is 24.8 Å². The van der Waals surface area contributed by atoms with Crippen molar-refractivity contribution in [1.82, 2.24) is 9.47 Å². The maximum Gasteiger partial charge on any atom is 0.303 e. The molecule has 1 amide bonds. The molecule has 5 nitrogen and oxygen atoms in total. The van der Waals surface area contributed by atoms with Crippen molar-refractivity contribution in [3.8, 4) is 0 Å². The lowest BCUT2D eigenvalue weighted by Crippen LogP contribution is -2.51. The van der Waals surface area contributed by atoms with Crippen molar-refractivity contribution in [3.63, 3.8) is 0 Å². The van der Waals surface area contributed by atoms with Crippen molar-refractivity contribution in [2.45, 2.75) is 25.3 Å². The zero-order chi connectivity index (χ0) is 13.6. The van der Waals surface area contributed by atoms with Crippen LogP contribution in [-0.2, 0) is 4.79 Å². The van der Waals surface area contributed by atoms with Crippen molar-refractivity contribution in [2.75, 3.05) is 13.1 Å². The molecule has 1 aromatic rings. The van der Waals surface area contributed by atoms with Gasteiger partial charge in [0.1, 0.15) is 5.69 Å². The number of amides is 1. The van der Waals surface area contributed by atoms with Crippen molar-refractivity contribution in [3.05, 3.63) is 22.4 Å². The van der Waals surface area contributed by atoms with Crippen LogP contribution in [0.3, 0.4) is 0 Å². The van der Waals surface area contributed by atoms with Crippen LogP contribution < -0.4 is 0 Å². The average molecular weight is 327 g/mol. The second-order valence-electron chi connectivity index (χ2n) is 5.36. The third-order valence-electron chi connectivity index (χ3n) is 3.68. The molecular formula is C13H15BrN2O3. The molecular weight excluding hydrogens is 312 g/mol. The van der Waals surface area contributed by atoms with Gasteiger partial charge in [-0.05, 0) is 34.8 Å². The van der Waals surface area contributed by atoms with E-state index in [1.54, 1.807) is 4.90 Å². The molecule has 0 aromatic carbocycles. The molecule has 1 saturated heterocycles. The fourth-order valence-electron chi connectivity index (χ4n) is 2.55. The van der Waals surface area contributed by atoms with Gasteiger partial charge in [0, 0.05) is 35.7 Å². The zero-order valence-corrected chi connectivity index (χ0v) is 12.0. The van der Waals surface area contributed by atoms with Crippen LogP contribution in [0, 0.1) is 5.92 Å². The molecule has 0 spiro atoms. The molecule has 0 atom stereocenters. The Hall–Kier alpha value is -1.30. The highest BCUT2D eigenvalue weighted by Gasteiger charge is 2.35. The van der Waals surface area contributed by atoms with E-state index in [0.717, 1.165) is 17.3 Å². The van der Waals surface area contributed by atoms with Gasteiger partial charge in [-0.15, -0.1) is 0 Å². The number of carboxylic acid groups (broad SMARTS) is 1. The maximum absolute atomic E-state index is 12.4. The van der Waals surface area contributed by atoms with Crippen LogP contribution in [0.25, 0.3) is 0 Å². The molecule has 1 aromatic heterocycles. The molecule has 6 heteroatoms. The highest BCUT2D eigenvalue weighted by atomic mass is 79.9. The van der Waals surface area contributed by atoms with Crippen LogP contribution >= 0.6 is 15.9 Å². The second-order valence-corrected chi connectivity index (χ2v) is 6.27. The zero-order valence-electron chi connectivity index (χ0n) is 10.4. The van der Waals surface area contributed by atoms with Gasteiger partial charge in [0.25, 0.3) is 5.91 Å². The number of aromatic nitrogens is 1. The third-order valence-corrected chi connectivity index (χ3v) is 4.12. The van der Waals surface area contributed by atoms with E-state index < -0.39 is 5.97 Å². The first-order valence-corrected chi connectivity index (χ1v) is 7.22. The summed E-state index contributed by atoms with van der Waals surface area (Å²) in [7, 11) is 0. The van der Waals surface area contributed by atoms with Gasteiger partial charge in [0.2, 0.25) is 0 Å². The quantitative estimate of drug-likeness (QED) is 0.921. The largest absolute Gasteiger partial charge is 0.481 e. The lowest BCUT2D eigenvalue weighted by Gasteiger charge is -2.38. The fourth-order valence-corrected chi connectivity index (χ4v) is 2.98. The minimum absolute atomic E-state index is 0.0132. The van der Waals surface area contributed by atoms with Gasteiger partial charge in [-0.2, -0.15) is 0 Å². The van der Waals surface area contributed by atoms with E-state index in [-0.39, 0.29) is 18.2 Å². The van der Waals surface area contributed by atoms with E-state index in [1.165, 1.54) is 0 Å². The van der Waals surface area contributed by atoms with Crippen LogP contribution in [0.2, 0.25) is 0 Å². The van der Waals surface area contributed by atoms with Gasteiger partial charge in [0.05, 0.1) is 6.42 Å². The molecule has 2 aliphatic rings. The first-order chi connectivity index (χ1) is 9.04. The number of rotatable bonds is 4. The van der Waals surface area contributed by atoms with Gasteiger partial charge >= 0.3 is 5.97 Å². The Morgan fingerprint density at radius 2 is 2.05 bits per heavy atom. The van der Waals surface area contributed by atoms with Crippen LogP contribution in [0.15, 0.2) is 16.7 Å². The number of hydrogen-bond donors (Lipinski definition) is 1. The van der Waals surface area contributed by atoms with Gasteiger partial charge in [-0.3, -0.25) is 9.59 Å². The highest BCUT2D eigenvalue weighted by Crippen LogP contribution is 2.38. The standard InChI is InChI=1S/C13H15BrN2O3/c14-9-4-11(16(7-9)10-1-2-10)13(19)15-5-8(6-15)3-12(17)18/h4,7-8,10H,1-3,5-6H2,(H,17,18). The molecule has 19 heavy (non-hydrogen) atoms. The summed E-state index contributed by atoms with van der Waals surface area (Å²) in [5.41, 5.74) is 0.711. The normalized spacial score (nSPS) is 19.3. The Balaban J connectivity index is 1.67. The number of carbonyl (C=O) groups is 2. The summed E-state index contributed by atoms with van der Waals surface area (Å²) in [6.07, 6.45) is 4.36. The van der Waals surface area contributed by atoms with Crippen LogP contribution in [-0.4, -0.2) is 39.5 Å². The summed E-state index contributed by atoms with van der Waals surface area (Å²) in [6.45, 7) is 1.11. The Morgan fingerprint density at radius 3 is 2.63 bits per heavy atom. The van der Waals surface area contributed by atoms with Crippen LogP contribution in [0.1, 0.15) is 35.8 Å². The van der Waals surface area contributed by atoms with Crippen molar-refractivity contribution in [1.29, 1.82) is 0 Å². The minimum atomic E-state index is -0.791. The summed E-state index contributed by atoms with van der Waals surface area (Å²) in [4.78, 5) is 24.7. The Bertz CT molecular complexity index is 530. The molecule has 0 radical (unpaired) electrons. The molecule has 2 fully saturated rings. The van der Waals surface area contributed by atoms with Gasteiger partial charge in [-0.25, -0.2) is 0 Å². The maximum atomic E-state index is 12.4. The fraction of sp³-hybridized carbons (Fsp3) is 0.538. The van der Waals surface area contributed by atoms with Gasteiger partial charge in [0.15, 0.2) is 0 Å². The molecule has 3 rings (SSSR count). The first kappa shape index (κ1) is 12.7. The first-order valence-electron chi connectivity index (χ1n) is 6.43. The summed E-state index contributed by atoms with van der Waals surface area (Å²) in [5, 5.41) is 8.71. The minimum Gasteiger partial charge on any atom is -0.481 e. The number of nitrogens with zero attached hydrogens (tertiary/aromatic N) is 2. The van der Waals surface area contributed by atoms with Crippen molar-refractivity contribution >= 4 is 27.8 Å². The Morgan fingerprint density at radius 1 is 1.37 bits per heavy atom. The average Bonchev–Trinajstić information content (AvgIpc) is 3.05. The second kappa shape index (κ2) is 4.67. The molecule has 102 valence electrons. The van der Waals surface area contributed by atoms with Gasteiger partial charge in [-0.1, -0.05) is 0 Å². The number of hydrogen-bond acceptors (Lipinski definition) is 2. The molecule has 2 heterocycles. The van der Waals surface area contributed by atoms with E-state index in [9.17, 15) is 9.59 Å². The van der Waals surface area contributed by atoms with Crippen LogP contribution in [0.4, 0.5) is 0 Å². The third kappa shape index (κ3) is 2.54. The number of halogens is 1. The molecule has 0 bridgehead atoms. The van der Waals surface area contributed by atoms with E-state index in [4.69, 9.17) is 5.11 Å². The number of carboxylic acids is 1. The summed E-state index contributed by atoms with van der Waals surface area (Å²) in [5.74, 6) is -0.672. The van der Waals surface area contributed by atoms with Crippen LogP contribution in [0.5, 0.6) is 0 Å². The summed E-state index contributed by atoms with van der Waals surface area (Å²) >= 11 is 3.41. The molecule has 1 aliphatic heterocycles. The Labute approximate surface area is 119 Å². The topological polar surface area (TPSA) is 62.5 Å². The number of aliphatic carboxylic acids is 1. The SMILES string of the molecule is O=C(O)CC1CN(C(=O)c2cc(Br)cn2C2CC2)C1. The predicted octanol–water partition coefficient (Wildman–Crippen LogP) is 2.13. The molecule has 1 saturated carbocycles. The highest BCUT2D eigenvalue weighted by molar-refractivity contribution is 9.10. The van der Waals surface area contributed by atoms with Crippen molar-refractivity contribution < 1.29 is 14.7 Å². The lowest BCUT2D eigenvalue weighted by molar-refractivity contribution is -0.139. The summed E-state index contributed by atoms with van der Waals surface area (Å²) < 4.78 is 2.96. The summed E-state index contributed by atoms with van der Waals surface area (Å²) in [6, 6.07) is 2.31. The van der Waals surface area contributed by atoms with E-state index >= 15 is 0 Å². The molecule has 1 aliphatic carbocycles. The van der Waals surface area contributed by atoms with E-state index in [2.05, 4.69) is 15.9 Å². The molecule has 1 N–H and O–H groups in total. The van der Waals surface area contributed by atoms with Crippen molar-refractivity contribution in [2.24, 2.45) is 5.92 Å². The number of carbonyl (C=O) groups excluding carboxylic acids is 1. The Kier molecular flexibility index (Phi) is 3.12. The molecule has 0 unspecified atom stereocenters.